The van der Waals surface area contributed by atoms with Crippen molar-refractivity contribution in [2.24, 2.45) is 4.99 Å². The first-order valence-electron chi connectivity index (χ1n) is 4.08. The van der Waals surface area contributed by atoms with E-state index >= 15 is 0 Å². The number of hydrogen-bond donors (Lipinski definition) is 0. The van der Waals surface area contributed by atoms with E-state index in [1.54, 1.807) is 10.9 Å². The molecule has 0 N–H and O–H groups in total. The zero-order valence-electron chi connectivity index (χ0n) is 7.29. The zero-order valence-corrected chi connectivity index (χ0v) is 7.29. The van der Waals surface area contributed by atoms with Crippen molar-refractivity contribution >= 4 is 11.8 Å². The van der Waals surface area contributed by atoms with Crippen molar-refractivity contribution in [2.75, 3.05) is 0 Å². The molecule has 0 saturated carbocycles. The highest BCUT2D eigenvalue weighted by Crippen LogP contribution is 2.12. The van der Waals surface area contributed by atoms with E-state index in [-0.39, 0.29) is 0 Å². The van der Waals surface area contributed by atoms with Gasteiger partial charge < -0.3 is 0 Å². The Morgan fingerprint density at radius 1 is 1.29 bits per heavy atom. The maximum absolute atomic E-state index is 9.99. The number of aromatic nitrogens is 2. The summed E-state index contributed by atoms with van der Waals surface area (Å²) in [5.41, 5.74) is 1.43. The molecule has 2 aromatic rings. The standard InChI is InChI=1S/C10H7N3O/c14-8-11-9-6-12-13(7-9)10-4-2-1-3-5-10/h1-7H. The molecule has 0 bridgehead atoms. The first-order valence-corrected chi connectivity index (χ1v) is 4.08. The van der Waals surface area contributed by atoms with Gasteiger partial charge in [-0.15, -0.1) is 0 Å². The Morgan fingerprint density at radius 3 is 2.79 bits per heavy atom. The number of hydrogen-bond acceptors (Lipinski definition) is 3. The summed E-state index contributed by atoms with van der Waals surface area (Å²) in [6.07, 6.45) is 4.65. The molecule has 0 aliphatic carbocycles. The lowest BCUT2D eigenvalue weighted by Gasteiger charge is -1.97. The molecular formula is C10H7N3O. The molecule has 0 unspecified atom stereocenters. The SMILES string of the molecule is O=C=Nc1cnn(-c2ccccc2)c1. The number of isocyanates is 1. The van der Waals surface area contributed by atoms with E-state index in [0.717, 1.165) is 5.69 Å². The van der Waals surface area contributed by atoms with E-state index in [0.29, 0.717) is 5.69 Å². The van der Waals surface area contributed by atoms with Gasteiger partial charge in [0, 0.05) is 0 Å². The molecule has 0 spiro atoms. The smallest absolute Gasteiger partial charge is 0.239 e. The van der Waals surface area contributed by atoms with Gasteiger partial charge in [-0.05, 0) is 12.1 Å². The van der Waals surface area contributed by atoms with Crippen molar-refractivity contribution in [3.8, 4) is 5.69 Å². The van der Waals surface area contributed by atoms with Gasteiger partial charge in [-0.1, -0.05) is 18.2 Å². The second kappa shape index (κ2) is 3.68. The Kier molecular flexibility index (Phi) is 2.21. The highest BCUT2D eigenvalue weighted by atomic mass is 16.1. The van der Waals surface area contributed by atoms with Gasteiger partial charge in [0.15, 0.2) is 0 Å². The topological polar surface area (TPSA) is 47.2 Å². The predicted octanol–water partition coefficient (Wildman–Crippen LogP) is 1.84. The highest BCUT2D eigenvalue weighted by Gasteiger charge is 1.97. The Bertz CT molecular complexity index is 469. The summed E-state index contributed by atoms with van der Waals surface area (Å²) in [6, 6.07) is 9.60. The second-order valence-electron chi connectivity index (χ2n) is 2.68. The van der Waals surface area contributed by atoms with Gasteiger partial charge in [0.25, 0.3) is 0 Å². The fourth-order valence-electron chi connectivity index (χ4n) is 1.15. The Hall–Kier alpha value is -2.19. The minimum atomic E-state index is 0.504. The molecular weight excluding hydrogens is 178 g/mol. The van der Waals surface area contributed by atoms with Crippen molar-refractivity contribution in [3.05, 3.63) is 42.7 Å². The molecule has 0 aliphatic rings. The molecule has 0 radical (unpaired) electrons. The summed E-state index contributed by atoms with van der Waals surface area (Å²) in [7, 11) is 0. The zero-order chi connectivity index (χ0) is 9.80. The minimum absolute atomic E-state index is 0.504. The lowest BCUT2D eigenvalue weighted by atomic mass is 10.3. The number of rotatable bonds is 2. The predicted molar refractivity (Wildman–Crippen MR) is 51.3 cm³/mol. The number of carbonyl (C=O) groups excluding carboxylic acids is 1. The van der Waals surface area contributed by atoms with Crippen LogP contribution in [0.5, 0.6) is 0 Å². The molecule has 0 saturated heterocycles. The average molecular weight is 185 g/mol. The summed E-state index contributed by atoms with van der Waals surface area (Å²) in [6.45, 7) is 0. The summed E-state index contributed by atoms with van der Waals surface area (Å²) < 4.78 is 1.65. The molecule has 0 amide bonds. The van der Waals surface area contributed by atoms with Gasteiger partial charge in [-0.25, -0.2) is 9.48 Å². The van der Waals surface area contributed by atoms with Crippen LogP contribution in [-0.2, 0) is 4.79 Å². The number of aliphatic imine (C=N–C) groups is 1. The van der Waals surface area contributed by atoms with Gasteiger partial charge in [0.1, 0.15) is 5.69 Å². The number of nitrogens with zero attached hydrogens (tertiary/aromatic N) is 3. The van der Waals surface area contributed by atoms with Crippen LogP contribution < -0.4 is 0 Å². The molecule has 4 heteroatoms. The van der Waals surface area contributed by atoms with E-state index in [1.807, 2.05) is 30.3 Å². The average Bonchev–Trinajstić information content (AvgIpc) is 2.68. The van der Waals surface area contributed by atoms with Crippen LogP contribution in [0.25, 0.3) is 5.69 Å². The van der Waals surface area contributed by atoms with Gasteiger partial charge in [0.05, 0.1) is 18.1 Å². The third kappa shape index (κ3) is 1.60. The normalized spacial score (nSPS) is 9.43. The first kappa shape index (κ1) is 8.41. The Labute approximate surface area is 80.5 Å². The molecule has 0 aliphatic heterocycles. The van der Waals surface area contributed by atoms with Crippen LogP contribution in [0.3, 0.4) is 0 Å². The van der Waals surface area contributed by atoms with E-state index in [2.05, 4.69) is 10.1 Å². The van der Waals surface area contributed by atoms with Crippen molar-refractivity contribution in [1.82, 2.24) is 9.78 Å². The van der Waals surface area contributed by atoms with Crippen LogP contribution in [0.2, 0.25) is 0 Å². The first-order chi connectivity index (χ1) is 6.90. The maximum atomic E-state index is 9.99. The van der Waals surface area contributed by atoms with E-state index < -0.39 is 0 Å². The fourth-order valence-corrected chi connectivity index (χ4v) is 1.15. The lowest BCUT2D eigenvalue weighted by Crippen LogP contribution is -1.92. The molecule has 1 heterocycles. The van der Waals surface area contributed by atoms with Crippen molar-refractivity contribution in [1.29, 1.82) is 0 Å². The molecule has 2 rings (SSSR count). The van der Waals surface area contributed by atoms with Crippen LogP contribution in [0.1, 0.15) is 0 Å². The van der Waals surface area contributed by atoms with E-state index in [9.17, 15) is 4.79 Å². The van der Waals surface area contributed by atoms with Crippen molar-refractivity contribution in [2.45, 2.75) is 0 Å². The van der Waals surface area contributed by atoms with Crippen LogP contribution in [0.15, 0.2) is 47.7 Å². The van der Waals surface area contributed by atoms with Gasteiger partial charge in [-0.2, -0.15) is 10.1 Å². The summed E-state index contributed by atoms with van der Waals surface area (Å²) >= 11 is 0. The Balaban J connectivity index is 2.39. The highest BCUT2D eigenvalue weighted by molar-refractivity contribution is 5.47. The van der Waals surface area contributed by atoms with Crippen LogP contribution in [0.4, 0.5) is 5.69 Å². The largest absolute Gasteiger partial charge is 0.240 e. The molecule has 4 nitrogen and oxygen atoms in total. The summed E-state index contributed by atoms with van der Waals surface area (Å²) in [5, 5.41) is 4.05. The van der Waals surface area contributed by atoms with Gasteiger partial charge >= 0.3 is 0 Å². The molecule has 0 atom stereocenters. The number of benzene rings is 1. The van der Waals surface area contributed by atoms with Gasteiger partial charge in [-0.3, -0.25) is 0 Å². The van der Waals surface area contributed by atoms with Crippen LogP contribution in [-0.4, -0.2) is 15.9 Å². The molecule has 68 valence electrons. The van der Waals surface area contributed by atoms with Crippen LogP contribution in [0, 0.1) is 0 Å². The minimum Gasteiger partial charge on any atom is -0.239 e. The number of para-hydroxylation sites is 1. The quantitative estimate of drug-likeness (QED) is 0.529. The molecule has 0 fully saturated rings. The Morgan fingerprint density at radius 2 is 2.07 bits per heavy atom. The van der Waals surface area contributed by atoms with Crippen molar-refractivity contribution < 1.29 is 4.79 Å². The fraction of sp³-hybridized carbons (Fsp3) is 0. The monoisotopic (exact) mass is 185 g/mol. The summed E-state index contributed by atoms with van der Waals surface area (Å²) in [4.78, 5) is 13.5. The van der Waals surface area contributed by atoms with Gasteiger partial charge in [0.2, 0.25) is 6.08 Å². The van der Waals surface area contributed by atoms with Crippen LogP contribution >= 0.6 is 0 Å². The second-order valence-corrected chi connectivity index (χ2v) is 2.68. The molecule has 14 heavy (non-hydrogen) atoms. The summed E-state index contributed by atoms with van der Waals surface area (Å²) in [5.74, 6) is 0. The van der Waals surface area contributed by atoms with E-state index in [4.69, 9.17) is 0 Å². The lowest BCUT2D eigenvalue weighted by molar-refractivity contribution is 0.565. The molecule has 1 aromatic carbocycles. The maximum Gasteiger partial charge on any atom is 0.240 e. The third-order valence-electron chi connectivity index (χ3n) is 1.76. The molecule has 1 aromatic heterocycles. The van der Waals surface area contributed by atoms with Crippen molar-refractivity contribution in [3.63, 3.8) is 0 Å². The van der Waals surface area contributed by atoms with E-state index in [1.165, 1.54) is 12.3 Å². The third-order valence-corrected chi connectivity index (χ3v) is 1.76.